The van der Waals surface area contributed by atoms with E-state index in [1.165, 1.54) is 0 Å². The monoisotopic (exact) mass is 362 g/mol. The fourth-order valence-electron chi connectivity index (χ4n) is 2.67. The molecular weight excluding hydrogens is 328 g/mol. The van der Waals surface area contributed by atoms with Crippen LogP contribution in [0.25, 0.3) is 0 Å². The highest BCUT2D eigenvalue weighted by molar-refractivity contribution is 5.90. The molecule has 1 atom stereocenters. The number of amides is 3. The third kappa shape index (κ3) is 5.93. The first-order valence-corrected chi connectivity index (χ1v) is 9.35. The molecule has 0 aliphatic carbocycles. The van der Waals surface area contributed by atoms with Gasteiger partial charge in [-0.3, -0.25) is 4.79 Å². The van der Waals surface area contributed by atoms with Gasteiger partial charge in [0, 0.05) is 51.0 Å². The van der Waals surface area contributed by atoms with Gasteiger partial charge < -0.3 is 20.4 Å². The van der Waals surface area contributed by atoms with E-state index in [0.717, 1.165) is 16.9 Å². The number of rotatable bonds is 8. The van der Waals surface area contributed by atoms with Crippen molar-refractivity contribution >= 4 is 23.3 Å². The smallest absolute Gasteiger partial charge is 0.317 e. The minimum absolute atomic E-state index is 0.0234. The molecule has 0 saturated heterocycles. The summed E-state index contributed by atoms with van der Waals surface area (Å²) in [6.45, 7) is 11.1. The Balaban J connectivity index is 3.23. The average molecular weight is 363 g/mol. The van der Waals surface area contributed by atoms with E-state index in [1.807, 2.05) is 55.9 Å². The van der Waals surface area contributed by atoms with E-state index in [-0.39, 0.29) is 18.0 Å². The van der Waals surface area contributed by atoms with E-state index in [4.69, 9.17) is 0 Å². The molecule has 26 heavy (non-hydrogen) atoms. The second-order valence-electron chi connectivity index (χ2n) is 7.09. The molecular formula is C20H34N4O2. The van der Waals surface area contributed by atoms with Gasteiger partial charge in [-0.2, -0.15) is 0 Å². The van der Waals surface area contributed by atoms with Crippen molar-refractivity contribution in [3.05, 3.63) is 23.8 Å². The van der Waals surface area contributed by atoms with E-state index in [1.54, 1.807) is 0 Å². The third-order valence-electron chi connectivity index (χ3n) is 4.55. The van der Waals surface area contributed by atoms with Crippen molar-refractivity contribution in [2.24, 2.45) is 5.92 Å². The van der Waals surface area contributed by atoms with Crippen molar-refractivity contribution < 1.29 is 9.59 Å². The summed E-state index contributed by atoms with van der Waals surface area (Å²) in [5, 5.41) is 5.81. The topological polar surface area (TPSA) is 64.7 Å². The molecule has 0 saturated carbocycles. The van der Waals surface area contributed by atoms with Gasteiger partial charge in [0.2, 0.25) is 5.91 Å². The van der Waals surface area contributed by atoms with E-state index in [0.29, 0.717) is 25.4 Å². The first-order valence-electron chi connectivity index (χ1n) is 9.35. The first-order chi connectivity index (χ1) is 12.2. The summed E-state index contributed by atoms with van der Waals surface area (Å²) in [7, 11) is 3.96. The van der Waals surface area contributed by atoms with Gasteiger partial charge in [0.25, 0.3) is 0 Å². The Morgan fingerprint density at radius 2 is 1.77 bits per heavy atom. The maximum Gasteiger partial charge on any atom is 0.317 e. The molecule has 146 valence electrons. The Hall–Kier alpha value is -2.24. The summed E-state index contributed by atoms with van der Waals surface area (Å²) < 4.78 is 0. The van der Waals surface area contributed by atoms with Crippen LogP contribution < -0.4 is 15.5 Å². The molecule has 0 aliphatic rings. The van der Waals surface area contributed by atoms with Crippen LogP contribution in [0, 0.1) is 5.92 Å². The molecule has 0 heterocycles. The Morgan fingerprint density at radius 1 is 1.12 bits per heavy atom. The van der Waals surface area contributed by atoms with Crippen molar-refractivity contribution in [3.63, 3.8) is 0 Å². The lowest BCUT2D eigenvalue weighted by Gasteiger charge is -2.33. The molecule has 1 aromatic rings. The van der Waals surface area contributed by atoms with Crippen LogP contribution in [-0.4, -0.2) is 43.5 Å². The van der Waals surface area contributed by atoms with Crippen molar-refractivity contribution in [1.29, 1.82) is 0 Å². The minimum atomic E-state index is -0.0681. The molecule has 1 rings (SSSR count). The highest BCUT2D eigenvalue weighted by Crippen LogP contribution is 2.26. The zero-order valence-electron chi connectivity index (χ0n) is 17.2. The van der Waals surface area contributed by atoms with Crippen molar-refractivity contribution in [2.45, 2.75) is 53.6 Å². The zero-order chi connectivity index (χ0) is 19.9. The molecule has 3 amide bonds. The summed E-state index contributed by atoms with van der Waals surface area (Å²) in [6.07, 6.45) is 0.431. The van der Waals surface area contributed by atoms with Crippen LogP contribution in [0.15, 0.2) is 18.2 Å². The van der Waals surface area contributed by atoms with Gasteiger partial charge in [-0.05, 0) is 43.5 Å². The van der Waals surface area contributed by atoms with Crippen LogP contribution in [0.4, 0.5) is 16.2 Å². The standard InChI is InChI=1S/C20H34N4O2/c1-8-19(25)22-17-10-11-18(23(6)7)16(12-17)13-24(15(5)14(3)4)20(26)21-9-2/h10-12,14-15H,8-9,13H2,1-7H3,(H,21,26)(H,22,25)/t15-/m1/s1. The molecule has 6 nitrogen and oxygen atoms in total. The lowest BCUT2D eigenvalue weighted by atomic mass is 10.0. The Bertz CT molecular complexity index is 614. The van der Waals surface area contributed by atoms with Crippen molar-refractivity contribution in [3.8, 4) is 0 Å². The highest BCUT2D eigenvalue weighted by Gasteiger charge is 2.24. The minimum Gasteiger partial charge on any atom is -0.377 e. The third-order valence-corrected chi connectivity index (χ3v) is 4.55. The fourth-order valence-corrected chi connectivity index (χ4v) is 2.67. The van der Waals surface area contributed by atoms with Gasteiger partial charge in [-0.15, -0.1) is 0 Å². The van der Waals surface area contributed by atoms with E-state index in [2.05, 4.69) is 31.4 Å². The van der Waals surface area contributed by atoms with Crippen LogP contribution in [0.2, 0.25) is 0 Å². The van der Waals surface area contributed by atoms with E-state index < -0.39 is 0 Å². The number of nitrogens with zero attached hydrogens (tertiary/aromatic N) is 2. The molecule has 0 fully saturated rings. The Morgan fingerprint density at radius 3 is 2.27 bits per heavy atom. The summed E-state index contributed by atoms with van der Waals surface area (Å²) in [6, 6.07) is 5.86. The first kappa shape index (κ1) is 21.8. The number of anilines is 2. The highest BCUT2D eigenvalue weighted by atomic mass is 16.2. The number of carbonyl (C=O) groups excluding carboxylic acids is 2. The molecule has 0 aromatic heterocycles. The number of hydrogen-bond acceptors (Lipinski definition) is 3. The normalized spacial score (nSPS) is 11.8. The predicted molar refractivity (Wildman–Crippen MR) is 109 cm³/mol. The molecule has 0 aliphatic heterocycles. The summed E-state index contributed by atoms with van der Waals surface area (Å²) >= 11 is 0. The van der Waals surface area contributed by atoms with Gasteiger partial charge >= 0.3 is 6.03 Å². The fraction of sp³-hybridized carbons (Fsp3) is 0.600. The lowest BCUT2D eigenvalue weighted by molar-refractivity contribution is -0.115. The van der Waals surface area contributed by atoms with Gasteiger partial charge in [0.05, 0.1) is 0 Å². The lowest BCUT2D eigenvalue weighted by Crippen LogP contribution is -2.46. The Kier molecular flexibility index (Phi) is 8.42. The SMILES string of the molecule is CCNC(=O)N(Cc1cc(NC(=O)CC)ccc1N(C)C)[C@H](C)C(C)C. The number of urea groups is 1. The number of hydrogen-bond donors (Lipinski definition) is 2. The maximum absolute atomic E-state index is 12.6. The summed E-state index contributed by atoms with van der Waals surface area (Å²) in [4.78, 5) is 28.2. The number of benzene rings is 1. The predicted octanol–water partition coefficient (Wildman–Crippen LogP) is 3.68. The second-order valence-corrected chi connectivity index (χ2v) is 7.09. The molecule has 0 unspecified atom stereocenters. The van der Waals surface area contributed by atoms with Gasteiger partial charge in [-0.25, -0.2) is 4.79 Å². The van der Waals surface area contributed by atoms with Crippen LogP contribution in [0.5, 0.6) is 0 Å². The average Bonchev–Trinajstić information content (AvgIpc) is 2.58. The van der Waals surface area contributed by atoms with E-state index in [9.17, 15) is 9.59 Å². The maximum atomic E-state index is 12.6. The molecule has 2 N–H and O–H groups in total. The van der Waals surface area contributed by atoms with Gasteiger partial charge in [0.15, 0.2) is 0 Å². The largest absolute Gasteiger partial charge is 0.377 e. The zero-order valence-corrected chi connectivity index (χ0v) is 17.2. The number of nitrogens with one attached hydrogen (secondary N) is 2. The molecule has 0 radical (unpaired) electrons. The van der Waals surface area contributed by atoms with Crippen LogP contribution >= 0.6 is 0 Å². The summed E-state index contributed by atoms with van der Waals surface area (Å²) in [5.41, 5.74) is 2.79. The quantitative estimate of drug-likeness (QED) is 0.741. The Labute approximate surface area is 157 Å². The van der Waals surface area contributed by atoms with Gasteiger partial charge in [0.1, 0.15) is 0 Å². The van der Waals surface area contributed by atoms with Crippen molar-refractivity contribution in [2.75, 3.05) is 30.9 Å². The summed E-state index contributed by atoms with van der Waals surface area (Å²) in [5.74, 6) is 0.313. The second kappa shape index (κ2) is 10.0. The van der Waals surface area contributed by atoms with E-state index >= 15 is 0 Å². The van der Waals surface area contributed by atoms with Crippen LogP contribution in [0.1, 0.15) is 46.6 Å². The van der Waals surface area contributed by atoms with Crippen LogP contribution in [0.3, 0.4) is 0 Å². The molecule has 0 bridgehead atoms. The molecule has 0 spiro atoms. The van der Waals surface area contributed by atoms with Crippen molar-refractivity contribution in [1.82, 2.24) is 10.2 Å². The van der Waals surface area contributed by atoms with Crippen LogP contribution in [-0.2, 0) is 11.3 Å². The van der Waals surface area contributed by atoms with Gasteiger partial charge in [-0.1, -0.05) is 20.8 Å². The molecule has 6 heteroatoms. The number of carbonyl (C=O) groups is 2. The molecule has 1 aromatic carbocycles.